The quantitative estimate of drug-likeness (QED) is 0.228. The predicted octanol–water partition coefficient (Wildman–Crippen LogP) is 7.02. The van der Waals surface area contributed by atoms with Gasteiger partial charge >= 0.3 is 0 Å². The number of nitrogens with zero attached hydrogens (tertiary/aromatic N) is 2. The first-order valence-corrected chi connectivity index (χ1v) is 13.3. The van der Waals surface area contributed by atoms with Gasteiger partial charge in [0.25, 0.3) is 5.91 Å². The van der Waals surface area contributed by atoms with Crippen LogP contribution in [-0.4, -0.2) is 34.2 Å². The van der Waals surface area contributed by atoms with E-state index >= 15 is 0 Å². The number of rotatable bonds is 10. The van der Waals surface area contributed by atoms with E-state index in [1.54, 1.807) is 33.3 Å². The molecule has 0 fully saturated rings. The number of amides is 2. The molecule has 1 heterocycles. The molecule has 4 aromatic rings. The Hall–Kier alpha value is -3.77. The SMILES string of the molecule is CCC(C)N(CC(=O)N(Cc1ccc(F)cc1)Cc1cccs1)C(=O)c1ccc(-c2ccccc2)cc1. The fourth-order valence-corrected chi connectivity index (χ4v) is 4.85. The van der Waals surface area contributed by atoms with E-state index in [9.17, 15) is 14.0 Å². The molecule has 6 heteroatoms. The van der Waals surface area contributed by atoms with E-state index in [0.29, 0.717) is 18.7 Å². The molecule has 0 aliphatic heterocycles. The fraction of sp³-hybridized carbons (Fsp3) is 0.226. The first-order valence-electron chi connectivity index (χ1n) is 12.5. The van der Waals surface area contributed by atoms with Crippen molar-refractivity contribution in [1.82, 2.24) is 9.80 Å². The number of carbonyl (C=O) groups is 2. The van der Waals surface area contributed by atoms with Gasteiger partial charge in [0.15, 0.2) is 0 Å². The Morgan fingerprint density at radius 1 is 0.838 bits per heavy atom. The number of hydrogen-bond donors (Lipinski definition) is 0. The van der Waals surface area contributed by atoms with Crippen LogP contribution in [0.1, 0.15) is 41.1 Å². The van der Waals surface area contributed by atoms with Crippen molar-refractivity contribution in [3.63, 3.8) is 0 Å². The molecular weight excluding hydrogens is 483 g/mol. The Labute approximate surface area is 222 Å². The average Bonchev–Trinajstić information content (AvgIpc) is 3.45. The lowest BCUT2D eigenvalue weighted by Crippen LogP contribution is -2.46. The Balaban J connectivity index is 1.54. The van der Waals surface area contributed by atoms with Crippen molar-refractivity contribution in [2.24, 2.45) is 0 Å². The van der Waals surface area contributed by atoms with Crippen LogP contribution in [0.25, 0.3) is 11.1 Å². The molecule has 1 aromatic heterocycles. The highest BCUT2D eigenvalue weighted by molar-refractivity contribution is 7.09. The van der Waals surface area contributed by atoms with Crippen molar-refractivity contribution in [3.05, 3.63) is 118 Å². The molecule has 0 saturated carbocycles. The number of carbonyl (C=O) groups excluding carboxylic acids is 2. The average molecular weight is 515 g/mol. The minimum atomic E-state index is -0.313. The highest BCUT2D eigenvalue weighted by Gasteiger charge is 2.26. The zero-order chi connectivity index (χ0) is 26.2. The summed E-state index contributed by atoms with van der Waals surface area (Å²) in [5.74, 6) is -0.626. The molecule has 2 amide bonds. The maximum absolute atomic E-state index is 13.6. The molecule has 4 nitrogen and oxygen atoms in total. The molecule has 0 bridgehead atoms. The van der Waals surface area contributed by atoms with Crippen LogP contribution in [0.3, 0.4) is 0 Å². The van der Waals surface area contributed by atoms with Gasteiger partial charge in [0.1, 0.15) is 12.4 Å². The van der Waals surface area contributed by atoms with Crippen LogP contribution in [0.4, 0.5) is 4.39 Å². The van der Waals surface area contributed by atoms with Crippen molar-refractivity contribution in [3.8, 4) is 11.1 Å². The molecule has 0 aliphatic rings. The van der Waals surface area contributed by atoms with Crippen LogP contribution >= 0.6 is 11.3 Å². The number of halogens is 1. The van der Waals surface area contributed by atoms with E-state index in [0.717, 1.165) is 28.0 Å². The molecule has 1 unspecified atom stereocenters. The van der Waals surface area contributed by atoms with Gasteiger partial charge in [-0.15, -0.1) is 11.3 Å². The van der Waals surface area contributed by atoms with E-state index in [2.05, 4.69) is 0 Å². The largest absolute Gasteiger partial charge is 0.332 e. The maximum Gasteiger partial charge on any atom is 0.254 e. The van der Waals surface area contributed by atoms with E-state index in [1.165, 1.54) is 12.1 Å². The van der Waals surface area contributed by atoms with Gasteiger partial charge in [-0.1, -0.05) is 67.6 Å². The van der Waals surface area contributed by atoms with Crippen LogP contribution in [0.15, 0.2) is 96.4 Å². The number of benzene rings is 3. The highest BCUT2D eigenvalue weighted by atomic mass is 32.1. The summed E-state index contributed by atoms with van der Waals surface area (Å²) in [6.45, 7) is 4.72. The molecule has 0 N–H and O–H groups in total. The van der Waals surface area contributed by atoms with Crippen LogP contribution in [-0.2, 0) is 17.9 Å². The van der Waals surface area contributed by atoms with Crippen LogP contribution in [0, 0.1) is 5.82 Å². The van der Waals surface area contributed by atoms with E-state index in [1.807, 2.05) is 86.0 Å². The van der Waals surface area contributed by atoms with Gasteiger partial charge in [-0.25, -0.2) is 4.39 Å². The van der Waals surface area contributed by atoms with Crippen LogP contribution < -0.4 is 0 Å². The van der Waals surface area contributed by atoms with Gasteiger partial charge in [-0.05, 0) is 65.7 Å². The summed E-state index contributed by atoms with van der Waals surface area (Å²) in [4.78, 5) is 31.6. The lowest BCUT2D eigenvalue weighted by Gasteiger charge is -2.31. The Morgan fingerprint density at radius 3 is 2.14 bits per heavy atom. The van der Waals surface area contributed by atoms with E-state index < -0.39 is 0 Å². The summed E-state index contributed by atoms with van der Waals surface area (Å²) in [6.07, 6.45) is 0.726. The number of thiophene rings is 1. The topological polar surface area (TPSA) is 40.6 Å². The van der Waals surface area contributed by atoms with Gasteiger partial charge in [-0.3, -0.25) is 9.59 Å². The molecule has 1 atom stereocenters. The second kappa shape index (κ2) is 12.5. The summed E-state index contributed by atoms with van der Waals surface area (Å²) in [5, 5.41) is 1.98. The molecule has 0 radical (unpaired) electrons. The second-order valence-corrected chi connectivity index (χ2v) is 10.1. The van der Waals surface area contributed by atoms with Gasteiger partial charge < -0.3 is 9.80 Å². The summed E-state index contributed by atoms with van der Waals surface area (Å²) < 4.78 is 13.4. The van der Waals surface area contributed by atoms with E-state index in [4.69, 9.17) is 0 Å². The minimum absolute atomic E-state index is 0.0269. The Morgan fingerprint density at radius 2 is 1.51 bits per heavy atom. The van der Waals surface area contributed by atoms with Crippen LogP contribution in [0.5, 0.6) is 0 Å². The summed E-state index contributed by atoms with van der Waals surface area (Å²) in [5.41, 5.74) is 3.51. The third-order valence-corrected chi connectivity index (χ3v) is 7.36. The van der Waals surface area contributed by atoms with Crippen molar-refractivity contribution in [1.29, 1.82) is 0 Å². The van der Waals surface area contributed by atoms with Gasteiger partial charge in [0.05, 0.1) is 6.54 Å². The second-order valence-electron chi connectivity index (χ2n) is 9.09. The standard InChI is InChI=1S/C31H31FN2O2S/c1-3-23(2)34(31(36)27-15-13-26(14-16-27)25-8-5-4-6-9-25)22-30(35)33(21-29-10-7-19-37-29)20-24-11-17-28(32)18-12-24/h4-19,23H,3,20-22H2,1-2H3. The maximum atomic E-state index is 13.6. The zero-order valence-electron chi connectivity index (χ0n) is 21.1. The lowest BCUT2D eigenvalue weighted by molar-refractivity contribution is -0.133. The van der Waals surface area contributed by atoms with Crippen molar-refractivity contribution >= 4 is 23.2 Å². The normalized spacial score (nSPS) is 11.6. The molecule has 0 saturated heterocycles. The van der Waals surface area contributed by atoms with E-state index in [-0.39, 0.29) is 30.2 Å². The Bertz CT molecular complexity index is 1290. The lowest BCUT2D eigenvalue weighted by atomic mass is 10.0. The summed E-state index contributed by atoms with van der Waals surface area (Å²) in [6, 6.07) is 27.6. The van der Waals surface area contributed by atoms with Gasteiger partial charge in [-0.2, -0.15) is 0 Å². The van der Waals surface area contributed by atoms with Crippen molar-refractivity contribution in [2.75, 3.05) is 6.54 Å². The molecule has 37 heavy (non-hydrogen) atoms. The van der Waals surface area contributed by atoms with Crippen LogP contribution in [0.2, 0.25) is 0 Å². The molecule has 3 aromatic carbocycles. The molecule has 190 valence electrons. The first kappa shape index (κ1) is 26.3. The van der Waals surface area contributed by atoms with Crippen molar-refractivity contribution < 1.29 is 14.0 Å². The highest BCUT2D eigenvalue weighted by Crippen LogP contribution is 2.21. The fourth-order valence-electron chi connectivity index (χ4n) is 4.13. The molecule has 0 aliphatic carbocycles. The minimum Gasteiger partial charge on any atom is -0.332 e. The Kier molecular flexibility index (Phi) is 8.86. The summed E-state index contributed by atoms with van der Waals surface area (Å²) in [7, 11) is 0. The molecule has 0 spiro atoms. The van der Waals surface area contributed by atoms with Crippen molar-refractivity contribution in [2.45, 2.75) is 39.4 Å². The zero-order valence-corrected chi connectivity index (χ0v) is 22.0. The predicted molar refractivity (Wildman–Crippen MR) is 148 cm³/mol. The van der Waals surface area contributed by atoms with Gasteiger partial charge in [0.2, 0.25) is 5.91 Å². The summed E-state index contributed by atoms with van der Waals surface area (Å²) >= 11 is 1.58. The molecule has 4 rings (SSSR count). The third kappa shape index (κ3) is 6.92. The van der Waals surface area contributed by atoms with Gasteiger partial charge in [0, 0.05) is 23.0 Å². The smallest absolute Gasteiger partial charge is 0.254 e. The molecular formula is C31H31FN2O2S. The third-order valence-electron chi connectivity index (χ3n) is 6.49. The first-order chi connectivity index (χ1) is 17.9. The monoisotopic (exact) mass is 514 g/mol. The number of hydrogen-bond acceptors (Lipinski definition) is 3.